The summed E-state index contributed by atoms with van der Waals surface area (Å²) in [6.45, 7) is 4.16. The summed E-state index contributed by atoms with van der Waals surface area (Å²) in [5, 5.41) is 0. The predicted molar refractivity (Wildman–Crippen MR) is 67.7 cm³/mol. The standard InChI is InChI=1S/C11H15BrFN.ClH/c1-7(2)5-11(14)9-6-8(12)3-4-10(9)13;/h3-4,6-7,11H,5,14H2,1-2H3;1H/t11-;/m1./s1. The molecule has 0 saturated heterocycles. The van der Waals surface area contributed by atoms with Gasteiger partial charge in [-0.25, -0.2) is 4.39 Å². The lowest BCUT2D eigenvalue weighted by atomic mass is 9.97. The average Bonchev–Trinajstić information content (AvgIpc) is 2.08. The summed E-state index contributed by atoms with van der Waals surface area (Å²) in [5.41, 5.74) is 6.50. The molecule has 0 fully saturated rings. The Balaban J connectivity index is 0.00000196. The Bertz CT molecular complexity index is 317. The molecule has 0 saturated carbocycles. The fraction of sp³-hybridized carbons (Fsp3) is 0.455. The normalized spacial score (nSPS) is 12.4. The Kier molecular flexibility index (Phi) is 6.41. The van der Waals surface area contributed by atoms with E-state index in [-0.39, 0.29) is 24.3 Å². The number of hydrogen-bond donors (Lipinski definition) is 1. The van der Waals surface area contributed by atoms with Crippen molar-refractivity contribution in [2.75, 3.05) is 0 Å². The lowest BCUT2D eigenvalue weighted by Gasteiger charge is -2.15. The van der Waals surface area contributed by atoms with Crippen LogP contribution >= 0.6 is 28.3 Å². The van der Waals surface area contributed by atoms with E-state index in [9.17, 15) is 4.39 Å². The molecular formula is C11H16BrClFN. The van der Waals surface area contributed by atoms with Crippen LogP contribution in [0.3, 0.4) is 0 Å². The van der Waals surface area contributed by atoms with Crippen LogP contribution in [0.5, 0.6) is 0 Å². The molecule has 0 amide bonds. The minimum atomic E-state index is -0.221. The van der Waals surface area contributed by atoms with Crippen molar-refractivity contribution in [3.8, 4) is 0 Å². The summed E-state index contributed by atoms with van der Waals surface area (Å²) in [6.07, 6.45) is 0.799. The van der Waals surface area contributed by atoms with Crippen LogP contribution in [0.2, 0.25) is 0 Å². The molecule has 0 unspecified atom stereocenters. The van der Waals surface area contributed by atoms with Crippen LogP contribution in [0, 0.1) is 11.7 Å². The highest BCUT2D eigenvalue weighted by molar-refractivity contribution is 9.10. The molecule has 1 aromatic carbocycles. The number of halogens is 3. The minimum absolute atomic E-state index is 0. The minimum Gasteiger partial charge on any atom is -0.324 e. The van der Waals surface area contributed by atoms with E-state index in [1.807, 2.05) is 0 Å². The van der Waals surface area contributed by atoms with Gasteiger partial charge in [0.25, 0.3) is 0 Å². The van der Waals surface area contributed by atoms with Crippen LogP contribution in [-0.4, -0.2) is 0 Å². The monoisotopic (exact) mass is 295 g/mol. The van der Waals surface area contributed by atoms with Gasteiger partial charge >= 0.3 is 0 Å². The van der Waals surface area contributed by atoms with Crippen molar-refractivity contribution in [3.63, 3.8) is 0 Å². The molecule has 2 N–H and O–H groups in total. The highest BCUT2D eigenvalue weighted by Crippen LogP contribution is 2.24. The first-order valence-corrected chi connectivity index (χ1v) is 5.50. The van der Waals surface area contributed by atoms with Crippen LogP contribution in [0.15, 0.2) is 22.7 Å². The summed E-state index contributed by atoms with van der Waals surface area (Å²) in [7, 11) is 0. The van der Waals surface area contributed by atoms with Crippen molar-refractivity contribution >= 4 is 28.3 Å². The molecular weight excluding hydrogens is 280 g/mol. The maximum Gasteiger partial charge on any atom is 0.128 e. The van der Waals surface area contributed by atoms with E-state index in [1.165, 1.54) is 6.07 Å². The third-order valence-electron chi connectivity index (χ3n) is 2.08. The quantitative estimate of drug-likeness (QED) is 0.894. The molecule has 86 valence electrons. The molecule has 15 heavy (non-hydrogen) atoms. The Morgan fingerprint density at radius 1 is 1.40 bits per heavy atom. The van der Waals surface area contributed by atoms with Gasteiger partial charge in [-0.1, -0.05) is 29.8 Å². The number of nitrogens with two attached hydrogens (primary N) is 1. The molecule has 0 spiro atoms. The lowest BCUT2D eigenvalue weighted by Crippen LogP contribution is -2.14. The molecule has 1 nitrogen and oxygen atoms in total. The first kappa shape index (κ1) is 14.9. The summed E-state index contributed by atoms with van der Waals surface area (Å²) < 4.78 is 14.2. The van der Waals surface area contributed by atoms with Gasteiger partial charge < -0.3 is 5.73 Å². The second-order valence-electron chi connectivity index (χ2n) is 3.90. The summed E-state index contributed by atoms with van der Waals surface area (Å²) in [4.78, 5) is 0. The molecule has 0 aliphatic heterocycles. The van der Waals surface area contributed by atoms with E-state index in [1.54, 1.807) is 12.1 Å². The topological polar surface area (TPSA) is 26.0 Å². The van der Waals surface area contributed by atoms with Crippen LogP contribution in [0.4, 0.5) is 4.39 Å². The van der Waals surface area contributed by atoms with Gasteiger partial charge in [0.05, 0.1) is 0 Å². The van der Waals surface area contributed by atoms with Crippen LogP contribution < -0.4 is 5.73 Å². The highest BCUT2D eigenvalue weighted by Gasteiger charge is 2.12. The number of rotatable bonds is 3. The fourth-order valence-electron chi connectivity index (χ4n) is 1.43. The molecule has 0 bridgehead atoms. The third-order valence-corrected chi connectivity index (χ3v) is 2.58. The van der Waals surface area contributed by atoms with Gasteiger partial charge in [0.1, 0.15) is 5.82 Å². The molecule has 0 aliphatic carbocycles. The molecule has 1 atom stereocenters. The van der Waals surface area contributed by atoms with E-state index >= 15 is 0 Å². The van der Waals surface area contributed by atoms with E-state index in [0.717, 1.165) is 10.9 Å². The molecule has 4 heteroatoms. The Labute approximate surface area is 105 Å². The van der Waals surface area contributed by atoms with Gasteiger partial charge in [-0.05, 0) is 30.5 Å². The number of benzene rings is 1. The number of hydrogen-bond acceptors (Lipinski definition) is 1. The molecule has 0 radical (unpaired) electrons. The van der Waals surface area contributed by atoms with E-state index in [0.29, 0.717) is 11.5 Å². The Morgan fingerprint density at radius 2 is 2.00 bits per heavy atom. The molecule has 0 aromatic heterocycles. The van der Waals surface area contributed by atoms with Crippen molar-refractivity contribution in [3.05, 3.63) is 34.1 Å². The van der Waals surface area contributed by atoms with Crippen molar-refractivity contribution in [2.45, 2.75) is 26.3 Å². The van der Waals surface area contributed by atoms with Gasteiger partial charge in [-0.15, -0.1) is 12.4 Å². The predicted octanol–water partition coefficient (Wildman–Crippen LogP) is 4.06. The maximum atomic E-state index is 13.4. The Morgan fingerprint density at radius 3 is 2.53 bits per heavy atom. The summed E-state index contributed by atoms with van der Waals surface area (Å²) in [6, 6.07) is 4.66. The smallest absolute Gasteiger partial charge is 0.128 e. The molecule has 1 aromatic rings. The third kappa shape index (κ3) is 4.49. The first-order chi connectivity index (χ1) is 6.50. The zero-order valence-corrected chi connectivity index (χ0v) is 11.2. The summed E-state index contributed by atoms with van der Waals surface area (Å²) >= 11 is 3.31. The van der Waals surface area contributed by atoms with Crippen molar-refractivity contribution in [1.29, 1.82) is 0 Å². The average molecular weight is 297 g/mol. The molecule has 1 rings (SSSR count). The fourth-order valence-corrected chi connectivity index (χ4v) is 1.81. The van der Waals surface area contributed by atoms with Crippen LogP contribution in [-0.2, 0) is 0 Å². The van der Waals surface area contributed by atoms with E-state index in [4.69, 9.17) is 5.73 Å². The van der Waals surface area contributed by atoms with Crippen molar-refractivity contribution in [2.24, 2.45) is 11.7 Å². The zero-order chi connectivity index (χ0) is 10.7. The van der Waals surface area contributed by atoms with E-state index in [2.05, 4.69) is 29.8 Å². The summed E-state index contributed by atoms with van der Waals surface area (Å²) in [5.74, 6) is 0.254. The SMILES string of the molecule is CC(C)C[C@@H](N)c1cc(Br)ccc1F.Cl. The van der Waals surface area contributed by atoms with Crippen LogP contribution in [0.1, 0.15) is 31.9 Å². The lowest BCUT2D eigenvalue weighted by molar-refractivity contribution is 0.489. The molecule has 0 heterocycles. The van der Waals surface area contributed by atoms with Crippen molar-refractivity contribution in [1.82, 2.24) is 0 Å². The van der Waals surface area contributed by atoms with Crippen molar-refractivity contribution < 1.29 is 4.39 Å². The Hall–Kier alpha value is -0.120. The first-order valence-electron chi connectivity index (χ1n) is 4.71. The van der Waals surface area contributed by atoms with Gasteiger partial charge in [0, 0.05) is 16.1 Å². The largest absolute Gasteiger partial charge is 0.324 e. The second kappa shape index (κ2) is 6.46. The van der Waals surface area contributed by atoms with Gasteiger partial charge in [-0.2, -0.15) is 0 Å². The second-order valence-corrected chi connectivity index (χ2v) is 4.82. The van der Waals surface area contributed by atoms with E-state index < -0.39 is 0 Å². The van der Waals surface area contributed by atoms with Gasteiger partial charge in [-0.3, -0.25) is 0 Å². The molecule has 0 aliphatic rings. The highest BCUT2D eigenvalue weighted by atomic mass is 79.9. The van der Waals surface area contributed by atoms with Gasteiger partial charge in [0.15, 0.2) is 0 Å². The van der Waals surface area contributed by atoms with Gasteiger partial charge in [0.2, 0.25) is 0 Å². The maximum absolute atomic E-state index is 13.4. The van der Waals surface area contributed by atoms with Crippen LogP contribution in [0.25, 0.3) is 0 Å². The zero-order valence-electron chi connectivity index (χ0n) is 8.84.